The molecule has 2 saturated heterocycles. The van der Waals surface area contributed by atoms with Crippen molar-refractivity contribution in [2.45, 2.75) is 31.8 Å². The highest BCUT2D eigenvalue weighted by atomic mass is 35.5. The standard InChI is InChI=1S/C23H29N3O3.ClH/c24-11-4-14-29-19-9-12-25(13-10-19)23(28)18-15-22(27)26(16-18)21-8-3-6-17-5-1-2-7-20(17)21;/h1-3,5-8,18-19H,4,9-16,24H2;1H. The largest absolute Gasteiger partial charge is 0.378 e. The van der Waals surface area contributed by atoms with Gasteiger partial charge in [-0.05, 0) is 37.3 Å². The van der Waals surface area contributed by atoms with Gasteiger partial charge in [-0.2, -0.15) is 0 Å². The van der Waals surface area contributed by atoms with E-state index in [1.54, 1.807) is 4.90 Å². The zero-order chi connectivity index (χ0) is 20.2. The lowest BCUT2D eigenvalue weighted by Crippen LogP contribution is -2.44. The molecule has 30 heavy (non-hydrogen) atoms. The Bertz CT molecular complexity index is 878. The van der Waals surface area contributed by atoms with Crippen LogP contribution in [0.3, 0.4) is 0 Å². The zero-order valence-corrected chi connectivity index (χ0v) is 18.0. The zero-order valence-electron chi connectivity index (χ0n) is 17.2. The van der Waals surface area contributed by atoms with Crippen molar-refractivity contribution in [2.24, 2.45) is 11.7 Å². The number of anilines is 1. The molecule has 6 nitrogen and oxygen atoms in total. The van der Waals surface area contributed by atoms with E-state index in [1.807, 2.05) is 47.4 Å². The van der Waals surface area contributed by atoms with E-state index < -0.39 is 0 Å². The highest BCUT2D eigenvalue weighted by molar-refractivity contribution is 6.07. The van der Waals surface area contributed by atoms with Crippen molar-refractivity contribution < 1.29 is 14.3 Å². The monoisotopic (exact) mass is 431 g/mol. The van der Waals surface area contributed by atoms with Crippen LogP contribution < -0.4 is 10.6 Å². The molecule has 2 amide bonds. The predicted molar refractivity (Wildman–Crippen MR) is 121 cm³/mol. The van der Waals surface area contributed by atoms with E-state index in [-0.39, 0.29) is 42.7 Å². The smallest absolute Gasteiger partial charge is 0.228 e. The second-order valence-corrected chi connectivity index (χ2v) is 7.94. The molecule has 7 heteroatoms. The Morgan fingerprint density at radius 1 is 1.10 bits per heavy atom. The lowest BCUT2D eigenvalue weighted by molar-refractivity contribution is -0.138. The molecular formula is C23H30ClN3O3. The van der Waals surface area contributed by atoms with E-state index in [4.69, 9.17) is 10.5 Å². The topological polar surface area (TPSA) is 75.9 Å². The minimum Gasteiger partial charge on any atom is -0.378 e. The van der Waals surface area contributed by atoms with Crippen molar-refractivity contribution in [1.29, 1.82) is 0 Å². The maximum absolute atomic E-state index is 13.0. The Hall–Kier alpha value is -2.15. The SMILES string of the molecule is Cl.NCCCOC1CCN(C(=O)C2CC(=O)N(c3cccc4ccccc34)C2)CC1. The van der Waals surface area contributed by atoms with E-state index in [0.717, 1.165) is 35.7 Å². The van der Waals surface area contributed by atoms with E-state index in [1.165, 1.54) is 0 Å². The number of amides is 2. The van der Waals surface area contributed by atoms with Gasteiger partial charge in [0.1, 0.15) is 0 Å². The number of hydrogen-bond acceptors (Lipinski definition) is 4. The number of hydrogen-bond donors (Lipinski definition) is 1. The summed E-state index contributed by atoms with van der Waals surface area (Å²) in [6.07, 6.45) is 3.07. The number of nitrogens with zero attached hydrogens (tertiary/aromatic N) is 2. The molecule has 2 fully saturated rings. The van der Waals surface area contributed by atoms with Crippen molar-refractivity contribution in [3.05, 3.63) is 42.5 Å². The summed E-state index contributed by atoms with van der Waals surface area (Å²) in [5, 5.41) is 2.15. The molecule has 0 bridgehead atoms. The summed E-state index contributed by atoms with van der Waals surface area (Å²) in [6.45, 7) is 3.18. The predicted octanol–water partition coefficient (Wildman–Crippen LogP) is 2.97. The maximum Gasteiger partial charge on any atom is 0.228 e. The number of benzene rings is 2. The highest BCUT2D eigenvalue weighted by Crippen LogP contribution is 2.32. The number of carbonyl (C=O) groups is 2. The van der Waals surface area contributed by atoms with Crippen LogP contribution in [0, 0.1) is 5.92 Å². The number of likely N-dealkylation sites (tertiary alicyclic amines) is 1. The first kappa shape index (κ1) is 22.5. The third-order valence-electron chi connectivity index (χ3n) is 5.99. The average Bonchev–Trinajstić information content (AvgIpc) is 3.15. The minimum absolute atomic E-state index is 0. The number of rotatable bonds is 6. The number of carbonyl (C=O) groups excluding carboxylic acids is 2. The molecule has 0 aromatic heterocycles. The van der Waals surface area contributed by atoms with Crippen molar-refractivity contribution in [3.8, 4) is 0 Å². The van der Waals surface area contributed by atoms with Gasteiger partial charge in [0.15, 0.2) is 0 Å². The fourth-order valence-electron chi connectivity index (χ4n) is 4.38. The van der Waals surface area contributed by atoms with Crippen LogP contribution in [-0.2, 0) is 14.3 Å². The van der Waals surface area contributed by atoms with Gasteiger partial charge in [-0.3, -0.25) is 9.59 Å². The van der Waals surface area contributed by atoms with Gasteiger partial charge >= 0.3 is 0 Å². The molecule has 4 rings (SSSR count). The summed E-state index contributed by atoms with van der Waals surface area (Å²) < 4.78 is 5.83. The summed E-state index contributed by atoms with van der Waals surface area (Å²) in [5.74, 6) is -0.141. The van der Waals surface area contributed by atoms with Crippen molar-refractivity contribution in [1.82, 2.24) is 4.90 Å². The quantitative estimate of drug-likeness (QED) is 0.713. The Balaban J connectivity index is 0.00000256. The van der Waals surface area contributed by atoms with Gasteiger partial charge in [-0.25, -0.2) is 0 Å². The fourth-order valence-corrected chi connectivity index (χ4v) is 4.38. The van der Waals surface area contributed by atoms with Gasteiger partial charge in [0, 0.05) is 38.0 Å². The first-order valence-electron chi connectivity index (χ1n) is 10.6. The van der Waals surface area contributed by atoms with Crippen LogP contribution >= 0.6 is 12.4 Å². The van der Waals surface area contributed by atoms with Gasteiger partial charge in [0.2, 0.25) is 11.8 Å². The molecule has 0 saturated carbocycles. The van der Waals surface area contributed by atoms with Gasteiger partial charge in [-0.15, -0.1) is 12.4 Å². The molecule has 2 heterocycles. The van der Waals surface area contributed by atoms with Gasteiger partial charge in [0.05, 0.1) is 17.7 Å². The number of nitrogens with two attached hydrogens (primary N) is 1. The molecule has 2 aromatic carbocycles. The number of piperidine rings is 1. The fraction of sp³-hybridized carbons (Fsp3) is 0.478. The van der Waals surface area contributed by atoms with Crippen LogP contribution in [0.4, 0.5) is 5.69 Å². The minimum atomic E-state index is -0.267. The van der Waals surface area contributed by atoms with Crippen molar-refractivity contribution >= 4 is 40.7 Å². The van der Waals surface area contributed by atoms with Crippen LogP contribution in [0.1, 0.15) is 25.7 Å². The molecule has 0 aliphatic carbocycles. The van der Waals surface area contributed by atoms with Crippen LogP contribution in [0.5, 0.6) is 0 Å². The first-order chi connectivity index (χ1) is 14.2. The molecule has 162 valence electrons. The van der Waals surface area contributed by atoms with Crippen molar-refractivity contribution in [3.63, 3.8) is 0 Å². The summed E-state index contributed by atoms with van der Waals surface area (Å²) in [6, 6.07) is 14.0. The molecular weight excluding hydrogens is 402 g/mol. The normalized spacial score (nSPS) is 19.9. The molecule has 1 atom stereocenters. The number of halogens is 1. The van der Waals surface area contributed by atoms with Gasteiger partial charge in [0.25, 0.3) is 0 Å². The number of fused-ring (bicyclic) bond motifs is 1. The van der Waals surface area contributed by atoms with Crippen LogP contribution in [0.2, 0.25) is 0 Å². The first-order valence-corrected chi connectivity index (χ1v) is 10.6. The summed E-state index contributed by atoms with van der Waals surface area (Å²) in [5.41, 5.74) is 6.40. The average molecular weight is 432 g/mol. The van der Waals surface area contributed by atoms with Crippen LogP contribution in [0.15, 0.2) is 42.5 Å². The molecule has 2 aliphatic rings. The van der Waals surface area contributed by atoms with Crippen molar-refractivity contribution in [2.75, 3.05) is 37.7 Å². The summed E-state index contributed by atoms with van der Waals surface area (Å²) in [7, 11) is 0. The van der Waals surface area contributed by atoms with Crippen LogP contribution in [0.25, 0.3) is 10.8 Å². The van der Waals surface area contributed by atoms with Gasteiger partial charge < -0.3 is 20.3 Å². The van der Waals surface area contributed by atoms with E-state index in [9.17, 15) is 9.59 Å². The summed E-state index contributed by atoms with van der Waals surface area (Å²) in [4.78, 5) is 29.5. The Kier molecular flexibility index (Phi) is 7.69. The second kappa shape index (κ2) is 10.2. The van der Waals surface area contributed by atoms with Gasteiger partial charge in [-0.1, -0.05) is 36.4 Å². The molecule has 0 spiro atoms. The lowest BCUT2D eigenvalue weighted by Gasteiger charge is -2.33. The molecule has 1 unspecified atom stereocenters. The number of ether oxygens (including phenoxy) is 1. The molecule has 0 radical (unpaired) electrons. The van der Waals surface area contributed by atoms with Crippen LogP contribution in [-0.4, -0.2) is 55.6 Å². The molecule has 2 aromatic rings. The molecule has 2 aliphatic heterocycles. The Labute approximate surface area is 183 Å². The molecule has 2 N–H and O–H groups in total. The Morgan fingerprint density at radius 2 is 1.83 bits per heavy atom. The maximum atomic E-state index is 13.0. The lowest BCUT2D eigenvalue weighted by atomic mass is 10.0. The highest BCUT2D eigenvalue weighted by Gasteiger charge is 2.38. The van der Waals surface area contributed by atoms with E-state index >= 15 is 0 Å². The Morgan fingerprint density at radius 3 is 2.60 bits per heavy atom. The second-order valence-electron chi connectivity index (χ2n) is 7.94. The third kappa shape index (κ3) is 4.77. The van der Waals surface area contributed by atoms with E-state index in [0.29, 0.717) is 32.8 Å². The summed E-state index contributed by atoms with van der Waals surface area (Å²) >= 11 is 0. The van der Waals surface area contributed by atoms with E-state index in [2.05, 4.69) is 0 Å². The third-order valence-corrected chi connectivity index (χ3v) is 5.99.